The number of hydrogen-bond donors (Lipinski definition) is 1. The molecule has 3 aromatic rings. The third-order valence-electron chi connectivity index (χ3n) is 4.28. The number of halogens is 1. The van der Waals surface area contributed by atoms with Crippen LogP contribution in [0.25, 0.3) is 10.3 Å². The molecule has 0 aliphatic heterocycles. The van der Waals surface area contributed by atoms with Crippen LogP contribution < -0.4 is 15.8 Å². The summed E-state index contributed by atoms with van der Waals surface area (Å²) in [6.45, 7) is 9.60. The van der Waals surface area contributed by atoms with Crippen molar-refractivity contribution in [1.29, 1.82) is 0 Å². The summed E-state index contributed by atoms with van der Waals surface area (Å²) in [5, 5.41) is 3.85. The van der Waals surface area contributed by atoms with Crippen LogP contribution in [0.1, 0.15) is 13.8 Å². The van der Waals surface area contributed by atoms with Crippen LogP contribution in [0.5, 0.6) is 0 Å². The van der Waals surface area contributed by atoms with Crippen LogP contribution in [-0.4, -0.2) is 39.3 Å². The molecule has 0 saturated heterocycles. The Balaban J connectivity index is 1.85. The van der Waals surface area contributed by atoms with E-state index in [0.717, 1.165) is 30.0 Å². The van der Waals surface area contributed by atoms with Crippen LogP contribution in [0.3, 0.4) is 0 Å². The van der Waals surface area contributed by atoms with E-state index in [1.165, 1.54) is 40.2 Å². The van der Waals surface area contributed by atoms with Crippen molar-refractivity contribution in [2.24, 2.45) is 0 Å². The van der Waals surface area contributed by atoms with Gasteiger partial charge >= 0.3 is 0 Å². The van der Waals surface area contributed by atoms with Crippen LogP contribution in [0.2, 0.25) is 0 Å². The molecule has 2 heterocycles. The average molecular weight is 448 g/mol. The lowest BCUT2D eigenvalue weighted by atomic mass is 10.3. The Kier molecular flexibility index (Phi) is 7.22. The lowest BCUT2D eigenvalue weighted by molar-refractivity contribution is -0.113. The van der Waals surface area contributed by atoms with E-state index in [9.17, 15) is 14.0 Å². The van der Waals surface area contributed by atoms with E-state index in [2.05, 4.69) is 26.8 Å². The number of thioether (sulfide) groups is 1. The van der Waals surface area contributed by atoms with E-state index in [-0.39, 0.29) is 29.6 Å². The van der Waals surface area contributed by atoms with E-state index in [0.29, 0.717) is 21.2 Å². The molecule has 0 aliphatic rings. The molecular formula is C20H22FN5O2S2. The number of nitrogens with zero attached hydrogens (tertiary/aromatic N) is 4. The van der Waals surface area contributed by atoms with Gasteiger partial charge in [-0.2, -0.15) is 4.98 Å². The zero-order chi connectivity index (χ0) is 21.7. The molecule has 158 valence electrons. The smallest absolute Gasteiger partial charge is 0.274 e. The molecule has 0 aliphatic carbocycles. The van der Waals surface area contributed by atoms with Gasteiger partial charge < -0.3 is 10.2 Å². The number of anilines is 2. The minimum absolute atomic E-state index is 0.0412. The maximum Gasteiger partial charge on any atom is 0.274 e. The second kappa shape index (κ2) is 9.86. The van der Waals surface area contributed by atoms with E-state index in [1.54, 1.807) is 6.08 Å². The van der Waals surface area contributed by atoms with Gasteiger partial charge in [-0.25, -0.2) is 9.37 Å². The molecule has 0 bridgehead atoms. The SMILES string of the molecule is C=CCn1c(SCC(=O)Nc2ccc(F)cc2)nc2nc(N(CC)CC)sc2c1=O. The van der Waals surface area contributed by atoms with E-state index < -0.39 is 0 Å². The Labute approximate surface area is 181 Å². The Morgan fingerprint density at radius 2 is 2.00 bits per heavy atom. The lowest BCUT2D eigenvalue weighted by Crippen LogP contribution is -2.23. The number of carbonyl (C=O) groups is 1. The van der Waals surface area contributed by atoms with Crippen molar-refractivity contribution >= 4 is 50.2 Å². The summed E-state index contributed by atoms with van der Waals surface area (Å²) in [4.78, 5) is 36.4. The Bertz CT molecular complexity index is 1110. The number of rotatable bonds is 9. The summed E-state index contributed by atoms with van der Waals surface area (Å²) in [6.07, 6.45) is 1.61. The molecule has 0 unspecified atom stereocenters. The highest BCUT2D eigenvalue weighted by Crippen LogP contribution is 2.27. The number of benzene rings is 1. The quantitative estimate of drug-likeness (QED) is 0.306. The first-order valence-corrected chi connectivity index (χ1v) is 11.2. The van der Waals surface area contributed by atoms with Crippen molar-refractivity contribution in [2.45, 2.75) is 25.5 Å². The maximum absolute atomic E-state index is 13.0. The van der Waals surface area contributed by atoms with Gasteiger partial charge in [0.25, 0.3) is 5.56 Å². The second-order valence-corrected chi connectivity index (χ2v) is 8.18. The van der Waals surface area contributed by atoms with Gasteiger partial charge in [-0.1, -0.05) is 29.2 Å². The molecule has 0 atom stereocenters. The van der Waals surface area contributed by atoms with Crippen molar-refractivity contribution < 1.29 is 9.18 Å². The van der Waals surface area contributed by atoms with Crippen LogP contribution in [-0.2, 0) is 11.3 Å². The monoisotopic (exact) mass is 447 g/mol. The van der Waals surface area contributed by atoms with Gasteiger partial charge in [-0.15, -0.1) is 6.58 Å². The van der Waals surface area contributed by atoms with Crippen LogP contribution in [0, 0.1) is 5.82 Å². The van der Waals surface area contributed by atoms with Gasteiger partial charge in [0.15, 0.2) is 15.9 Å². The van der Waals surface area contributed by atoms with Crippen molar-refractivity contribution in [2.75, 3.05) is 29.1 Å². The third kappa shape index (κ3) is 4.88. The molecule has 0 spiro atoms. The fourth-order valence-corrected chi connectivity index (χ4v) is 4.65. The number of nitrogens with one attached hydrogen (secondary N) is 1. The van der Waals surface area contributed by atoms with E-state index >= 15 is 0 Å². The maximum atomic E-state index is 13.0. The Morgan fingerprint density at radius 3 is 2.63 bits per heavy atom. The van der Waals surface area contributed by atoms with Crippen molar-refractivity contribution in [3.63, 3.8) is 0 Å². The normalized spacial score (nSPS) is 10.9. The Morgan fingerprint density at radius 1 is 1.30 bits per heavy atom. The predicted octanol–water partition coefficient (Wildman–Crippen LogP) is 3.76. The summed E-state index contributed by atoms with van der Waals surface area (Å²) in [5.41, 5.74) is 0.683. The topological polar surface area (TPSA) is 80.1 Å². The van der Waals surface area contributed by atoms with Gasteiger partial charge in [0.1, 0.15) is 10.5 Å². The molecule has 1 amide bonds. The number of fused-ring (bicyclic) bond motifs is 1. The van der Waals surface area contributed by atoms with E-state index in [4.69, 9.17) is 0 Å². The first-order chi connectivity index (χ1) is 14.5. The number of thiazole rings is 1. The number of carbonyl (C=O) groups excluding carboxylic acids is 1. The molecule has 0 fully saturated rings. The second-order valence-electron chi connectivity index (χ2n) is 6.26. The summed E-state index contributed by atoms with van der Waals surface area (Å²) in [7, 11) is 0. The summed E-state index contributed by atoms with van der Waals surface area (Å²) in [6, 6.07) is 5.52. The minimum atomic E-state index is -0.374. The summed E-state index contributed by atoms with van der Waals surface area (Å²) >= 11 is 2.47. The van der Waals surface area contributed by atoms with Crippen molar-refractivity contribution in [3.05, 3.63) is 53.1 Å². The highest BCUT2D eigenvalue weighted by Gasteiger charge is 2.18. The molecule has 10 heteroatoms. The first-order valence-electron chi connectivity index (χ1n) is 9.42. The molecule has 0 saturated carbocycles. The average Bonchev–Trinajstić information content (AvgIpc) is 3.15. The predicted molar refractivity (Wildman–Crippen MR) is 121 cm³/mol. The van der Waals surface area contributed by atoms with Gasteiger partial charge in [-0.05, 0) is 38.1 Å². The summed E-state index contributed by atoms with van der Waals surface area (Å²) < 4.78 is 15.0. The largest absolute Gasteiger partial charge is 0.349 e. The molecule has 1 N–H and O–H groups in total. The molecule has 3 rings (SSSR count). The van der Waals surface area contributed by atoms with E-state index in [1.807, 2.05) is 13.8 Å². The fourth-order valence-electron chi connectivity index (χ4n) is 2.77. The van der Waals surface area contributed by atoms with Gasteiger partial charge in [0.05, 0.1) is 5.75 Å². The molecule has 7 nitrogen and oxygen atoms in total. The van der Waals surface area contributed by atoms with Crippen LogP contribution >= 0.6 is 23.1 Å². The number of amides is 1. The van der Waals surface area contributed by atoms with Gasteiger partial charge in [-0.3, -0.25) is 14.2 Å². The standard InChI is InChI=1S/C20H22FN5O2S2/c1-4-11-26-18(28)16-17(23-19(30-16)25(5-2)6-3)24-20(26)29-12-15(27)22-14-9-7-13(21)8-10-14/h4,7-10H,1,5-6,11-12H2,2-3H3,(H,22,27). The van der Waals surface area contributed by atoms with Crippen molar-refractivity contribution in [3.8, 4) is 0 Å². The molecule has 1 aromatic carbocycles. The zero-order valence-electron chi connectivity index (χ0n) is 16.7. The van der Waals surface area contributed by atoms with Crippen LogP contribution in [0.15, 0.2) is 46.9 Å². The van der Waals surface area contributed by atoms with Gasteiger partial charge in [0.2, 0.25) is 5.91 Å². The highest BCUT2D eigenvalue weighted by molar-refractivity contribution is 7.99. The number of aromatic nitrogens is 3. The number of hydrogen-bond acceptors (Lipinski definition) is 7. The summed E-state index contributed by atoms with van der Waals surface area (Å²) in [5.74, 6) is -0.617. The third-order valence-corrected chi connectivity index (χ3v) is 6.35. The number of allylic oxidation sites excluding steroid dienone is 1. The first kappa shape index (κ1) is 22.0. The fraction of sp³-hybridized carbons (Fsp3) is 0.300. The van der Waals surface area contributed by atoms with Crippen molar-refractivity contribution in [1.82, 2.24) is 14.5 Å². The van der Waals surface area contributed by atoms with Crippen LogP contribution in [0.4, 0.5) is 15.2 Å². The molecule has 30 heavy (non-hydrogen) atoms. The minimum Gasteiger partial charge on any atom is -0.349 e. The Hall–Kier alpha value is -2.72. The lowest BCUT2D eigenvalue weighted by Gasteiger charge is -2.15. The zero-order valence-corrected chi connectivity index (χ0v) is 18.4. The highest BCUT2D eigenvalue weighted by atomic mass is 32.2. The molecule has 2 aromatic heterocycles. The van der Waals surface area contributed by atoms with Gasteiger partial charge in [0, 0.05) is 25.3 Å². The molecular weight excluding hydrogens is 425 g/mol. The molecule has 0 radical (unpaired) electrons.